The molecule has 0 heterocycles. The highest BCUT2D eigenvalue weighted by molar-refractivity contribution is 7.99. The fourth-order valence-corrected chi connectivity index (χ4v) is 1.26. The van der Waals surface area contributed by atoms with Crippen molar-refractivity contribution in [1.29, 1.82) is 0 Å². The van der Waals surface area contributed by atoms with Crippen LogP contribution in [0.25, 0.3) is 0 Å². The van der Waals surface area contributed by atoms with Crippen molar-refractivity contribution < 1.29 is 9.18 Å². The van der Waals surface area contributed by atoms with Gasteiger partial charge in [-0.2, -0.15) is 4.99 Å². The Morgan fingerprint density at radius 3 is 3.08 bits per heavy atom. The van der Waals surface area contributed by atoms with Gasteiger partial charge >= 0.3 is 0 Å². The van der Waals surface area contributed by atoms with Crippen molar-refractivity contribution in [2.45, 2.75) is 4.90 Å². The molecule has 0 saturated heterocycles. The second-order valence-corrected chi connectivity index (χ2v) is 2.93. The summed E-state index contributed by atoms with van der Waals surface area (Å²) < 4.78 is 11.9. The van der Waals surface area contributed by atoms with Gasteiger partial charge in [0, 0.05) is 4.90 Å². The van der Waals surface area contributed by atoms with Crippen molar-refractivity contribution in [2.24, 2.45) is 4.99 Å². The van der Waals surface area contributed by atoms with Gasteiger partial charge in [0.1, 0.15) is 6.01 Å². The summed E-state index contributed by atoms with van der Waals surface area (Å²) in [5.74, 6) is 0. The van der Waals surface area contributed by atoms with Gasteiger partial charge in [0.2, 0.25) is 6.08 Å². The number of aliphatic imine (C=N–C) groups is 1. The van der Waals surface area contributed by atoms with Crippen LogP contribution in [0.3, 0.4) is 0 Å². The molecule has 12 heavy (non-hydrogen) atoms. The van der Waals surface area contributed by atoms with E-state index < -0.39 is 6.01 Å². The minimum Gasteiger partial charge on any atom is -0.239 e. The molecule has 0 spiro atoms. The molecule has 0 atom stereocenters. The Bertz CT molecular complexity index is 310. The topological polar surface area (TPSA) is 29.4 Å². The van der Waals surface area contributed by atoms with E-state index in [4.69, 9.17) is 0 Å². The zero-order chi connectivity index (χ0) is 8.81. The summed E-state index contributed by atoms with van der Waals surface area (Å²) in [5.41, 5.74) is 0.503. The predicted molar refractivity (Wildman–Crippen MR) is 46.1 cm³/mol. The summed E-state index contributed by atoms with van der Waals surface area (Å²) in [4.78, 5) is 14.0. The first-order chi connectivity index (χ1) is 5.86. The summed E-state index contributed by atoms with van der Waals surface area (Å²) in [7, 11) is 0. The van der Waals surface area contributed by atoms with Crippen molar-refractivity contribution in [3.8, 4) is 0 Å². The highest BCUT2D eigenvalue weighted by atomic mass is 32.2. The van der Waals surface area contributed by atoms with E-state index in [1.807, 2.05) is 0 Å². The molecule has 0 unspecified atom stereocenters. The number of hydrogen-bond acceptors (Lipinski definition) is 3. The van der Waals surface area contributed by atoms with Crippen LogP contribution >= 0.6 is 11.8 Å². The van der Waals surface area contributed by atoms with E-state index in [0.717, 1.165) is 16.7 Å². The molecular weight excluding hydrogens is 177 g/mol. The van der Waals surface area contributed by atoms with Gasteiger partial charge in [0.05, 0.1) is 5.69 Å². The zero-order valence-electron chi connectivity index (χ0n) is 6.16. The van der Waals surface area contributed by atoms with E-state index >= 15 is 0 Å². The average Bonchev–Trinajstić information content (AvgIpc) is 2.06. The van der Waals surface area contributed by atoms with Gasteiger partial charge in [-0.15, -0.1) is 0 Å². The number of isocyanates is 1. The lowest BCUT2D eigenvalue weighted by atomic mass is 10.3. The fraction of sp³-hybridized carbons (Fsp3) is 0.125. The number of halogens is 1. The Hall–Kier alpha value is -1.12. The quantitative estimate of drug-likeness (QED) is 0.409. The van der Waals surface area contributed by atoms with E-state index in [0.29, 0.717) is 5.69 Å². The Balaban J connectivity index is 2.87. The molecule has 0 bridgehead atoms. The summed E-state index contributed by atoms with van der Waals surface area (Å²) in [6.45, 7) is 0. The summed E-state index contributed by atoms with van der Waals surface area (Å²) in [6.07, 6.45) is 1.43. The van der Waals surface area contributed by atoms with Gasteiger partial charge in [-0.05, 0) is 18.2 Å². The molecule has 1 aromatic rings. The molecule has 0 aliphatic carbocycles. The molecule has 2 nitrogen and oxygen atoms in total. The molecule has 62 valence electrons. The monoisotopic (exact) mass is 183 g/mol. The Morgan fingerprint density at radius 1 is 1.58 bits per heavy atom. The lowest BCUT2D eigenvalue weighted by Crippen LogP contribution is -1.70. The number of nitrogens with zero attached hydrogens (tertiary/aromatic N) is 1. The van der Waals surface area contributed by atoms with E-state index in [-0.39, 0.29) is 0 Å². The average molecular weight is 183 g/mol. The smallest absolute Gasteiger partial charge is 0.239 e. The third-order valence-corrected chi connectivity index (χ3v) is 1.91. The number of thioether (sulfide) groups is 1. The first-order valence-electron chi connectivity index (χ1n) is 3.23. The zero-order valence-corrected chi connectivity index (χ0v) is 6.97. The molecule has 0 radical (unpaired) electrons. The summed E-state index contributed by atoms with van der Waals surface area (Å²) >= 11 is 1.06. The normalized spacial score (nSPS) is 9.08. The minimum atomic E-state index is -0.478. The van der Waals surface area contributed by atoms with Gasteiger partial charge in [0.15, 0.2) is 0 Å². The SMILES string of the molecule is O=C=Nc1cccc(SCF)c1. The number of alkyl halides is 1. The minimum absolute atomic E-state index is 0.478. The number of benzene rings is 1. The highest BCUT2D eigenvalue weighted by Gasteiger charge is 1.93. The van der Waals surface area contributed by atoms with Crippen molar-refractivity contribution in [2.75, 3.05) is 6.01 Å². The lowest BCUT2D eigenvalue weighted by Gasteiger charge is -1.95. The lowest BCUT2D eigenvalue weighted by molar-refractivity contribution is 0.565. The molecule has 0 amide bonds. The summed E-state index contributed by atoms with van der Waals surface area (Å²) in [5, 5.41) is 0. The van der Waals surface area contributed by atoms with Crippen LogP contribution in [0.1, 0.15) is 0 Å². The molecule has 0 aromatic heterocycles. The van der Waals surface area contributed by atoms with Crippen LogP contribution in [-0.4, -0.2) is 12.1 Å². The number of hydrogen-bond donors (Lipinski definition) is 0. The van der Waals surface area contributed by atoms with Crippen LogP contribution in [-0.2, 0) is 4.79 Å². The van der Waals surface area contributed by atoms with Crippen molar-refractivity contribution in [3.05, 3.63) is 24.3 Å². The van der Waals surface area contributed by atoms with Crippen LogP contribution in [0.4, 0.5) is 10.1 Å². The molecule has 1 rings (SSSR count). The van der Waals surface area contributed by atoms with Crippen molar-refractivity contribution >= 4 is 23.5 Å². The van der Waals surface area contributed by atoms with Gasteiger partial charge < -0.3 is 0 Å². The molecule has 0 aliphatic heterocycles. The second kappa shape index (κ2) is 4.70. The predicted octanol–water partition coefficient (Wildman–Crippen LogP) is 2.67. The molecule has 4 heteroatoms. The maximum atomic E-state index is 11.9. The number of rotatable bonds is 3. The third kappa shape index (κ3) is 2.49. The molecule has 0 fully saturated rings. The Labute approximate surface area is 73.5 Å². The van der Waals surface area contributed by atoms with Gasteiger partial charge in [-0.3, -0.25) is 0 Å². The Kier molecular flexibility index (Phi) is 3.51. The largest absolute Gasteiger partial charge is 0.240 e. The standard InChI is InChI=1S/C8H6FNOS/c9-5-12-8-3-1-2-7(4-8)10-6-11/h1-4H,5H2. The van der Waals surface area contributed by atoms with E-state index in [2.05, 4.69) is 4.99 Å². The van der Waals surface area contributed by atoms with Crippen LogP contribution in [0.5, 0.6) is 0 Å². The van der Waals surface area contributed by atoms with Crippen LogP contribution < -0.4 is 0 Å². The van der Waals surface area contributed by atoms with Crippen LogP contribution in [0.15, 0.2) is 34.2 Å². The maximum absolute atomic E-state index is 11.9. The first-order valence-corrected chi connectivity index (χ1v) is 4.22. The highest BCUT2D eigenvalue weighted by Crippen LogP contribution is 2.22. The van der Waals surface area contributed by atoms with Crippen LogP contribution in [0.2, 0.25) is 0 Å². The van der Waals surface area contributed by atoms with Crippen molar-refractivity contribution in [1.82, 2.24) is 0 Å². The van der Waals surface area contributed by atoms with Crippen LogP contribution in [0, 0.1) is 0 Å². The van der Waals surface area contributed by atoms with Gasteiger partial charge in [-0.25, -0.2) is 9.18 Å². The van der Waals surface area contributed by atoms with E-state index in [1.54, 1.807) is 24.3 Å². The first kappa shape index (κ1) is 8.97. The maximum Gasteiger partial charge on any atom is 0.240 e. The molecule has 0 saturated carbocycles. The van der Waals surface area contributed by atoms with Gasteiger partial charge in [0.25, 0.3) is 0 Å². The van der Waals surface area contributed by atoms with E-state index in [9.17, 15) is 9.18 Å². The molecule has 1 aromatic carbocycles. The van der Waals surface area contributed by atoms with E-state index in [1.165, 1.54) is 6.08 Å². The summed E-state index contributed by atoms with van der Waals surface area (Å²) in [6, 6.07) is 6.29. The number of carbonyl (C=O) groups excluding carboxylic acids is 1. The molecule has 0 aliphatic rings. The molecular formula is C8H6FNOS. The third-order valence-electron chi connectivity index (χ3n) is 1.21. The second-order valence-electron chi connectivity index (χ2n) is 1.95. The van der Waals surface area contributed by atoms with Crippen molar-refractivity contribution in [3.63, 3.8) is 0 Å². The van der Waals surface area contributed by atoms with Gasteiger partial charge in [-0.1, -0.05) is 17.8 Å². The fourth-order valence-electron chi connectivity index (χ4n) is 0.759. The Morgan fingerprint density at radius 2 is 2.42 bits per heavy atom. The molecule has 0 N–H and O–H groups in total.